The van der Waals surface area contributed by atoms with Gasteiger partial charge in [-0.15, -0.1) is 0 Å². The first-order valence-electron chi connectivity index (χ1n) is 4.49. The minimum Gasteiger partial charge on any atom is -0.497 e. The quantitative estimate of drug-likeness (QED) is 0.790. The number of nitriles is 1. The summed E-state index contributed by atoms with van der Waals surface area (Å²) in [5, 5.41) is 8.68. The first kappa shape index (κ1) is 11.1. The number of nitrogens with zero attached hydrogens (tertiary/aromatic N) is 1. The second-order valence-corrected chi connectivity index (χ2v) is 3.14. The van der Waals surface area contributed by atoms with Crippen LogP contribution in [0, 0.1) is 17.2 Å². The Morgan fingerprint density at radius 2 is 2.13 bits per heavy atom. The Bertz CT molecular complexity index is 379. The zero-order valence-corrected chi connectivity index (χ0v) is 8.43. The molecule has 0 aliphatic heterocycles. The molecule has 4 nitrogen and oxygen atoms in total. The molecule has 4 heteroatoms. The van der Waals surface area contributed by atoms with Crippen molar-refractivity contribution in [3.8, 4) is 11.8 Å². The van der Waals surface area contributed by atoms with Crippen LogP contribution in [0.4, 0.5) is 0 Å². The number of carbonyl (C=O) groups excluding carboxylic acids is 1. The van der Waals surface area contributed by atoms with E-state index in [2.05, 4.69) is 0 Å². The summed E-state index contributed by atoms with van der Waals surface area (Å²) < 4.78 is 4.99. The van der Waals surface area contributed by atoms with E-state index in [0.29, 0.717) is 6.42 Å². The maximum atomic E-state index is 10.8. The second kappa shape index (κ2) is 5.01. The molecule has 1 atom stereocenters. The first-order valence-corrected chi connectivity index (χ1v) is 4.49. The van der Waals surface area contributed by atoms with Gasteiger partial charge >= 0.3 is 0 Å². The smallest absolute Gasteiger partial charge is 0.235 e. The molecule has 0 aliphatic carbocycles. The van der Waals surface area contributed by atoms with Gasteiger partial charge in [0.2, 0.25) is 5.91 Å². The van der Waals surface area contributed by atoms with Crippen LogP contribution in [-0.4, -0.2) is 13.0 Å². The van der Waals surface area contributed by atoms with E-state index in [0.717, 1.165) is 11.3 Å². The van der Waals surface area contributed by atoms with Crippen molar-refractivity contribution in [3.63, 3.8) is 0 Å². The molecule has 0 aromatic heterocycles. The third-order valence-electron chi connectivity index (χ3n) is 2.10. The molecule has 1 rings (SSSR count). The molecule has 1 amide bonds. The number of nitrogens with two attached hydrogens (primary N) is 1. The normalized spacial score (nSPS) is 11.5. The number of ether oxygens (including phenoxy) is 1. The van der Waals surface area contributed by atoms with Crippen LogP contribution in [0.1, 0.15) is 5.56 Å². The molecule has 0 aliphatic rings. The average molecular weight is 204 g/mol. The molecule has 0 radical (unpaired) electrons. The van der Waals surface area contributed by atoms with Crippen molar-refractivity contribution in [2.24, 2.45) is 11.7 Å². The number of amides is 1. The molecule has 0 spiro atoms. The molecular weight excluding hydrogens is 192 g/mol. The summed E-state index contributed by atoms with van der Waals surface area (Å²) in [6.07, 6.45) is 0.343. The van der Waals surface area contributed by atoms with Gasteiger partial charge < -0.3 is 10.5 Å². The van der Waals surface area contributed by atoms with E-state index in [1.807, 2.05) is 18.2 Å². The molecule has 0 unspecified atom stereocenters. The number of primary amides is 1. The standard InChI is InChI=1S/C11H12N2O2/c1-15-10-4-2-8(3-5-10)6-9(7-12)11(13)14/h2-5,9H,6H2,1H3,(H2,13,14)/t9-/m0/s1. The van der Waals surface area contributed by atoms with Crippen molar-refractivity contribution in [2.75, 3.05) is 7.11 Å². The van der Waals surface area contributed by atoms with E-state index in [-0.39, 0.29) is 0 Å². The highest BCUT2D eigenvalue weighted by molar-refractivity contribution is 5.79. The first-order chi connectivity index (χ1) is 7.17. The van der Waals surface area contributed by atoms with Gasteiger partial charge in [-0.1, -0.05) is 12.1 Å². The Morgan fingerprint density at radius 1 is 1.53 bits per heavy atom. The molecule has 0 heterocycles. The molecule has 78 valence electrons. The monoisotopic (exact) mass is 204 g/mol. The number of hydrogen-bond acceptors (Lipinski definition) is 3. The lowest BCUT2D eigenvalue weighted by Gasteiger charge is -2.05. The van der Waals surface area contributed by atoms with Crippen molar-refractivity contribution < 1.29 is 9.53 Å². The van der Waals surface area contributed by atoms with Gasteiger partial charge in [-0.05, 0) is 24.1 Å². The van der Waals surface area contributed by atoms with Gasteiger partial charge in [0.25, 0.3) is 0 Å². The lowest BCUT2D eigenvalue weighted by molar-refractivity contribution is -0.120. The predicted octanol–water partition coefficient (Wildman–Crippen LogP) is 0.863. The molecule has 0 bridgehead atoms. The Kier molecular flexibility index (Phi) is 3.69. The van der Waals surface area contributed by atoms with Gasteiger partial charge in [-0.25, -0.2) is 0 Å². The van der Waals surface area contributed by atoms with E-state index in [9.17, 15) is 4.79 Å². The molecule has 2 N–H and O–H groups in total. The van der Waals surface area contributed by atoms with E-state index < -0.39 is 11.8 Å². The predicted molar refractivity (Wildman–Crippen MR) is 55.0 cm³/mol. The fourth-order valence-corrected chi connectivity index (χ4v) is 1.21. The van der Waals surface area contributed by atoms with Gasteiger partial charge in [0.05, 0.1) is 13.2 Å². The van der Waals surface area contributed by atoms with Crippen molar-refractivity contribution in [1.29, 1.82) is 5.26 Å². The Labute approximate surface area is 88.3 Å². The van der Waals surface area contributed by atoms with E-state index in [1.54, 1.807) is 19.2 Å². The van der Waals surface area contributed by atoms with Gasteiger partial charge in [0.15, 0.2) is 0 Å². The van der Waals surface area contributed by atoms with Crippen molar-refractivity contribution >= 4 is 5.91 Å². The zero-order valence-electron chi connectivity index (χ0n) is 8.43. The SMILES string of the molecule is COc1ccc(C[C@@H](C#N)C(N)=O)cc1. The van der Waals surface area contributed by atoms with Gasteiger partial charge in [0.1, 0.15) is 11.7 Å². The van der Waals surface area contributed by atoms with E-state index >= 15 is 0 Å². The summed E-state index contributed by atoms with van der Waals surface area (Å²) in [7, 11) is 1.58. The minimum atomic E-state index is -0.765. The number of methoxy groups -OCH3 is 1. The molecule has 0 saturated heterocycles. The van der Waals surface area contributed by atoms with Crippen LogP contribution in [-0.2, 0) is 11.2 Å². The number of rotatable bonds is 4. The number of benzene rings is 1. The fourth-order valence-electron chi connectivity index (χ4n) is 1.21. The van der Waals surface area contributed by atoms with Crippen LogP contribution in [0.25, 0.3) is 0 Å². The summed E-state index contributed by atoms with van der Waals surface area (Å²) in [6, 6.07) is 9.06. The van der Waals surface area contributed by atoms with Crippen molar-refractivity contribution in [1.82, 2.24) is 0 Å². The lowest BCUT2D eigenvalue weighted by Crippen LogP contribution is -2.23. The van der Waals surface area contributed by atoms with Crippen LogP contribution < -0.4 is 10.5 Å². The second-order valence-electron chi connectivity index (χ2n) is 3.14. The minimum absolute atomic E-state index is 0.343. The summed E-state index contributed by atoms with van der Waals surface area (Å²) in [4.78, 5) is 10.8. The summed E-state index contributed by atoms with van der Waals surface area (Å²) in [5.41, 5.74) is 5.95. The molecule has 15 heavy (non-hydrogen) atoms. The molecular formula is C11H12N2O2. The summed E-state index contributed by atoms with van der Waals surface area (Å²) >= 11 is 0. The largest absolute Gasteiger partial charge is 0.497 e. The van der Waals surface area contributed by atoms with E-state index in [4.69, 9.17) is 15.7 Å². The van der Waals surface area contributed by atoms with E-state index in [1.165, 1.54) is 0 Å². The van der Waals surface area contributed by atoms with Gasteiger partial charge in [-0.3, -0.25) is 4.79 Å². The molecule has 0 saturated carbocycles. The Morgan fingerprint density at radius 3 is 2.53 bits per heavy atom. The molecule has 1 aromatic rings. The topological polar surface area (TPSA) is 76.1 Å². The average Bonchev–Trinajstić information content (AvgIpc) is 2.26. The Balaban J connectivity index is 2.72. The highest BCUT2D eigenvalue weighted by Crippen LogP contribution is 2.14. The summed E-state index contributed by atoms with van der Waals surface area (Å²) in [6.45, 7) is 0. The number of hydrogen-bond donors (Lipinski definition) is 1. The number of carbonyl (C=O) groups is 1. The van der Waals surface area contributed by atoms with Gasteiger partial charge in [0, 0.05) is 0 Å². The van der Waals surface area contributed by atoms with Crippen LogP contribution >= 0.6 is 0 Å². The highest BCUT2D eigenvalue weighted by atomic mass is 16.5. The maximum absolute atomic E-state index is 10.8. The third-order valence-corrected chi connectivity index (χ3v) is 2.10. The Hall–Kier alpha value is -2.02. The third kappa shape index (κ3) is 2.99. The van der Waals surface area contributed by atoms with Crippen LogP contribution in [0.2, 0.25) is 0 Å². The highest BCUT2D eigenvalue weighted by Gasteiger charge is 2.14. The summed E-state index contributed by atoms with van der Waals surface area (Å²) in [5.74, 6) is -0.613. The maximum Gasteiger partial charge on any atom is 0.235 e. The van der Waals surface area contributed by atoms with Gasteiger partial charge in [-0.2, -0.15) is 5.26 Å². The molecule has 0 fully saturated rings. The van der Waals surface area contributed by atoms with Crippen LogP contribution in [0.5, 0.6) is 5.75 Å². The lowest BCUT2D eigenvalue weighted by atomic mass is 10.0. The fraction of sp³-hybridized carbons (Fsp3) is 0.273. The zero-order chi connectivity index (χ0) is 11.3. The molecule has 1 aromatic carbocycles. The van der Waals surface area contributed by atoms with Crippen molar-refractivity contribution in [2.45, 2.75) is 6.42 Å². The van der Waals surface area contributed by atoms with Crippen LogP contribution in [0.3, 0.4) is 0 Å². The van der Waals surface area contributed by atoms with Crippen molar-refractivity contribution in [3.05, 3.63) is 29.8 Å². The van der Waals surface area contributed by atoms with Crippen LogP contribution in [0.15, 0.2) is 24.3 Å².